The fraction of sp³-hybridized carbons (Fsp3) is 0.773. The molecular weight excluding hydrogens is 889 g/mol. The molecule has 0 amide bonds. The monoisotopic (exact) mass is 1000 g/mol. The van der Waals surface area contributed by atoms with Gasteiger partial charge in [0.2, 0.25) is 0 Å². The normalized spacial score (nSPS) is 12.5. The fourth-order valence-corrected chi connectivity index (χ4v) is 8.78. The molecular formula is C66H116O6. The van der Waals surface area contributed by atoms with Crippen LogP contribution in [0.2, 0.25) is 0 Å². The van der Waals surface area contributed by atoms with Gasteiger partial charge in [-0.05, 0) is 109 Å². The summed E-state index contributed by atoms with van der Waals surface area (Å²) >= 11 is 0. The fourth-order valence-electron chi connectivity index (χ4n) is 8.78. The highest BCUT2D eigenvalue weighted by Crippen LogP contribution is 2.16. The maximum atomic E-state index is 12.9. The van der Waals surface area contributed by atoms with Crippen molar-refractivity contribution in [2.75, 3.05) is 13.2 Å². The van der Waals surface area contributed by atoms with Crippen LogP contribution in [0.25, 0.3) is 0 Å². The number of unbranched alkanes of at least 4 members (excludes halogenated alkanes) is 33. The molecule has 0 heterocycles. The Kier molecular flexibility index (Phi) is 57.8. The predicted octanol–water partition coefficient (Wildman–Crippen LogP) is 20.9. The first-order valence-corrected chi connectivity index (χ1v) is 30.9. The van der Waals surface area contributed by atoms with E-state index in [0.717, 1.165) is 96.3 Å². The van der Waals surface area contributed by atoms with Crippen LogP contribution in [0.5, 0.6) is 0 Å². The van der Waals surface area contributed by atoms with Crippen LogP contribution < -0.4 is 0 Å². The van der Waals surface area contributed by atoms with Crippen LogP contribution in [0.1, 0.15) is 310 Å². The third-order valence-electron chi connectivity index (χ3n) is 13.4. The second-order valence-electron chi connectivity index (χ2n) is 20.6. The van der Waals surface area contributed by atoms with Crippen molar-refractivity contribution >= 4 is 17.9 Å². The van der Waals surface area contributed by atoms with E-state index in [4.69, 9.17) is 14.2 Å². The lowest BCUT2D eigenvalue weighted by Gasteiger charge is -2.18. The Hall–Kier alpha value is -3.15. The zero-order chi connectivity index (χ0) is 52.2. The summed E-state index contributed by atoms with van der Waals surface area (Å²) in [4.78, 5) is 38.3. The number of carbonyl (C=O) groups excluding carboxylic acids is 3. The molecule has 0 saturated carbocycles. The number of carbonyl (C=O) groups is 3. The van der Waals surface area contributed by atoms with Crippen molar-refractivity contribution in [1.82, 2.24) is 0 Å². The van der Waals surface area contributed by atoms with Gasteiger partial charge in [-0.3, -0.25) is 14.4 Å². The van der Waals surface area contributed by atoms with Crippen molar-refractivity contribution in [3.05, 3.63) is 72.9 Å². The molecule has 0 fully saturated rings. The lowest BCUT2D eigenvalue weighted by atomic mass is 10.1. The van der Waals surface area contributed by atoms with E-state index >= 15 is 0 Å². The molecule has 0 aromatic rings. The van der Waals surface area contributed by atoms with Crippen LogP contribution in [0, 0.1) is 0 Å². The highest BCUT2D eigenvalue weighted by Gasteiger charge is 2.19. The Labute approximate surface area is 446 Å². The van der Waals surface area contributed by atoms with Crippen molar-refractivity contribution in [3.8, 4) is 0 Å². The van der Waals surface area contributed by atoms with Crippen molar-refractivity contribution in [3.63, 3.8) is 0 Å². The van der Waals surface area contributed by atoms with E-state index in [1.807, 2.05) is 0 Å². The molecule has 0 spiro atoms. The Morgan fingerprint density at radius 1 is 0.292 bits per heavy atom. The molecule has 0 radical (unpaired) electrons. The highest BCUT2D eigenvalue weighted by atomic mass is 16.6. The maximum absolute atomic E-state index is 12.9. The second-order valence-corrected chi connectivity index (χ2v) is 20.6. The van der Waals surface area contributed by atoms with E-state index in [0.29, 0.717) is 19.3 Å². The lowest BCUT2D eigenvalue weighted by molar-refractivity contribution is -0.167. The van der Waals surface area contributed by atoms with E-state index in [-0.39, 0.29) is 31.1 Å². The van der Waals surface area contributed by atoms with Crippen molar-refractivity contribution < 1.29 is 28.6 Å². The Balaban J connectivity index is 4.41. The number of esters is 3. The van der Waals surface area contributed by atoms with Crippen LogP contribution >= 0.6 is 0 Å². The number of ether oxygens (including phenoxy) is 3. The van der Waals surface area contributed by atoms with Crippen LogP contribution in [-0.2, 0) is 28.6 Å². The molecule has 72 heavy (non-hydrogen) atoms. The summed E-state index contributed by atoms with van der Waals surface area (Å²) in [5.74, 6) is -0.903. The van der Waals surface area contributed by atoms with Gasteiger partial charge in [0.25, 0.3) is 0 Å². The molecule has 0 rings (SSSR count). The number of allylic oxidation sites excluding steroid dienone is 12. The number of rotatable bonds is 56. The smallest absolute Gasteiger partial charge is 0.306 e. The summed E-state index contributed by atoms with van der Waals surface area (Å²) in [5.41, 5.74) is 0. The molecule has 6 heteroatoms. The molecule has 0 aliphatic rings. The van der Waals surface area contributed by atoms with Crippen LogP contribution in [0.4, 0.5) is 0 Å². The first-order valence-electron chi connectivity index (χ1n) is 30.9. The molecule has 0 N–H and O–H groups in total. The van der Waals surface area contributed by atoms with E-state index in [9.17, 15) is 14.4 Å². The average Bonchev–Trinajstić information content (AvgIpc) is 3.38. The maximum Gasteiger partial charge on any atom is 0.306 e. The van der Waals surface area contributed by atoms with Gasteiger partial charge in [-0.15, -0.1) is 0 Å². The summed E-state index contributed by atoms with van der Waals surface area (Å²) in [5, 5.41) is 0. The minimum absolute atomic E-state index is 0.0849. The molecule has 0 aromatic carbocycles. The highest BCUT2D eigenvalue weighted by molar-refractivity contribution is 5.71. The molecule has 0 bridgehead atoms. The van der Waals surface area contributed by atoms with Crippen LogP contribution in [0.3, 0.4) is 0 Å². The first kappa shape index (κ1) is 68.8. The Bertz CT molecular complexity index is 1340. The van der Waals surface area contributed by atoms with Gasteiger partial charge >= 0.3 is 17.9 Å². The van der Waals surface area contributed by atoms with Crippen LogP contribution in [0.15, 0.2) is 72.9 Å². The van der Waals surface area contributed by atoms with Crippen molar-refractivity contribution in [2.24, 2.45) is 0 Å². The topological polar surface area (TPSA) is 78.9 Å². The predicted molar refractivity (Wildman–Crippen MR) is 311 cm³/mol. The minimum atomic E-state index is -0.790. The minimum Gasteiger partial charge on any atom is -0.462 e. The van der Waals surface area contributed by atoms with E-state index in [1.165, 1.54) is 173 Å². The summed E-state index contributed by atoms with van der Waals surface area (Å²) in [6.07, 6.45) is 77.5. The zero-order valence-electron chi connectivity index (χ0n) is 47.7. The van der Waals surface area contributed by atoms with E-state index in [1.54, 1.807) is 0 Å². The van der Waals surface area contributed by atoms with Crippen molar-refractivity contribution in [1.29, 1.82) is 0 Å². The molecule has 6 nitrogen and oxygen atoms in total. The van der Waals surface area contributed by atoms with Gasteiger partial charge in [0.15, 0.2) is 6.10 Å². The van der Waals surface area contributed by atoms with Gasteiger partial charge in [-0.2, -0.15) is 0 Å². The quantitative estimate of drug-likeness (QED) is 0.0261. The summed E-state index contributed by atoms with van der Waals surface area (Å²) in [7, 11) is 0. The lowest BCUT2D eigenvalue weighted by Crippen LogP contribution is -2.30. The summed E-state index contributed by atoms with van der Waals surface area (Å²) in [6, 6.07) is 0. The SMILES string of the molecule is CC/C=C\C/C=C\C/C=C\C/C=C\CCCCCCC(=O)OCC(COC(=O)CCCCCCCCCCC/C=C\CCCCCCCC)OC(=O)CCCCCCCCC/C=C\CCCCCCCCC. The van der Waals surface area contributed by atoms with Gasteiger partial charge in [-0.25, -0.2) is 0 Å². The third kappa shape index (κ3) is 57.7. The van der Waals surface area contributed by atoms with Crippen LogP contribution in [-0.4, -0.2) is 37.2 Å². The second kappa shape index (κ2) is 60.4. The summed E-state index contributed by atoms with van der Waals surface area (Å²) in [6.45, 7) is 6.53. The van der Waals surface area contributed by atoms with Gasteiger partial charge < -0.3 is 14.2 Å². The average molecular weight is 1010 g/mol. The Morgan fingerprint density at radius 2 is 0.542 bits per heavy atom. The van der Waals surface area contributed by atoms with Gasteiger partial charge in [0.1, 0.15) is 13.2 Å². The molecule has 0 aromatic heterocycles. The van der Waals surface area contributed by atoms with Gasteiger partial charge in [0.05, 0.1) is 0 Å². The zero-order valence-corrected chi connectivity index (χ0v) is 47.7. The van der Waals surface area contributed by atoms with Gasteiger partial charge in [-0.1, -0.05) is 254 Å². The molecule has 1 atom stereocenters. The van der Waals surface area contributed by atoms with Crippen molar-refractivity contribution in [2.45, 2.75) is 316 Å². The molecule has 0 saturated heterocycles. The first-order chi connectivity index (χ1) is 35.5. The van der Waals surface area contributed by atoms with Gasteiger partial charge in [0, 0.05) is 19.3 Å². The number of hydrogen-bond acceptors (Lipinski definition) is 6. The summed E-state index contributed by atoms with van der Waals surface area (Å²) < 4.78 is 16.9. The molecule has 1 unspecified atom stereocenters. The van der Waals surface area contributed by atoms with E-state index < -0.39 is 6.10 Å². The third-order valence-corrected chi connectivity index (χ3v) is 13.4. The van der Waals surface area contributed by atoms with E-state index in [2.05, 4.69) is 93.7 Å². The standard InChI is InChI=1S/C66H116O6/c1-4-7-10-13-16-19-22-25-28-31-33-36-38-41-44-47-50-53-56-59-65(68)71-62-63(61-70-64(67)58-55-52-49-46-43-40-37-34-30-27-24-21-18-15-12-9-6-3)72-66(69)60-57-54-51-48-45-42-39-35-32-29-26-23-20-17-14-11-8-5-2/h9,12,18,21,25,27-30,32,37,40,63H,4-8,10-11,13-17,19-20,22-24,26,31,33-36,38-39,41-62H2,1-3H3/b12-9-,21-18-,28-25-,30-27-,32-29-,40-37-. The molecule has 0 aliphatic heterocycles. The molecule has 0 aliphatic carbocycles. The number of hydrogen-bond donors (Lipinski definition) is 0. The molecule has 416 valence electrons. The largest absolute Gasteiger partial charge is 0.462 e. The Morgan fingerprint density at radius 3 is 0.861 bits per heavy atom.